The molecule has 3 N–H and O–H groups in total. The van der Waals surface area contributed by atoms with Crippen LogP contribution in [0.25, 0.3) is 11.4 Å². The van der Waals surface area contributed by atoms with Crippen LogP contribution in [-0.4, -0.2) is 34.3 Å². The molecular formula is C13H15BrFN5. The van der Waals surface area contributed by atoms with E-state index in [-0.39, 0.29) is 11.9 Å². The lowest BCUT2D eigenvalue weighted by molar-refractivity contribution is 0.500. The molecule has 0 amide bonds. The molecule has 1 aromatic carbocycles. The number of hydrogen-bond acceptors (Lipinski definition) is 4. The summed E-state index contributed by atoms with van der Waals surface area (Å²) in [4.78, 5) is 6.41. The van der Waals surface area contributed by atoms with Gasteiger partial charge in [-0.15, -0.1) is 5.10 Å². The molecule has 3 rings (SSSR count). The highest BCUT2D eigenvalue weighted by molar-refractivity contribution is 9.10. The summed E-state index contributed by atoms with van der Waals surface area (Å²) >= 11 is 3.23. The molecular weight excluding hydrogens is 325 g/mol. The molecule has 0 radical (unpaired) electrons. The molecule has 20 heavy (non-hydrogen) atoms. The fraction of sp³-hybridized carbons (Fsp3) is 0.385. The van der Waals surface area contributed by atoms with Crippen molar-refractivity contribution < 1.29 is 4.39 Å². The van der Waals surface area contributed by atoms with Crippen LogP contribution >= 0.6 is 15.9 Å². The van der Waals surface area contributed by atoms with Gasteiger partial charge in [0.05, 0.1) is 5.56 Å². The Balaban J connectivity index is 1.86. The van der Waals surface area contributed by atoms with E-state index in [0.29, 0.717) is 21.8 Å². The van der Waals surface area contributed by atoms with E-state index in [0.717, 1.165) is 25.9 Å². The van der Waals surface area contributed by atoms with Crippen molar-refractivity contribution in [3.63, 3.8) is 0 Å². The maximum absolute atomic E-state index is 13.9. The lowest BCUT2D eigenvalue weighted by atomic mass is 10.1. The molecule has 1 unspecified atom stereocenters. The van der Waals surface area contributed by atoms with Crippen molar-refractivity contribution in [1.29, 1.82) is 0 Å². The number of nitrogens with two attached hydrogens (primary N) is 1. The standard InChI is InChI=1S/C13H15BrFN5/c14-8-3-4-10(11(15)6-8)12-17-13(19-18-12)20-5-1-2-9(16)7-20/h3-4,6,9H,1-2,5,7,16H2,(H,17,18,19). The Hall–Kier alpha value is -1.47. The number of hydrogen-bond donors (Lipinski definition) is 2. The molecule has 7 heteroatoms. The Morgan fingerprint density at radius 2 is 2.30 bits per heavy atom. The number of rotatable bonds is 2. The van der Waals surface area contributed by atoms with Crippen LogP contribution in [0.15, 0.2) is 22.7 Å². The molecule has 1 fully saturated rings. The molecule has 106 valence electrons. The molecule has 2 aromatic rings. The monoisotopic (exact) mass is 339 g/mol. The van der Waals surface area contributed by atoms with E-state index in [1.54, 1.807) is 12.1 Å². The number of aromatic nitrogens is 3. The molecule has 5 nitrogen and oxygen atoms in total. The highest BCUT2D eigenvalue weighted by atomic mass is 79.9. The van der Waals surface area contributed by atoms with Crippen LogP contribution in [0.2, 0.25) is 0 Å². The van der Waals surface area contributed by atoms with Gasteiger partial charge in [0.25, 0.3) is 0 Å². The highest BCUT2D eigenvalue weighted by Crippen LogP contribution is 2.24. The molecule has 0 saturated carbocycles. The minimum atomic E-state index is -0.336. The van der Waals surface area contributed by atoms with Crippen molar-refractivity contribution in [1.82, 2.24) is 15.2 Å². The first-order valence-electron chi connectivity index (χ1n) is 6.52. The third kappa shape index (κ3) is 2.69. The number of piperidine rings is 1. The average Bonchev–Trinajstić information content (AvgIpc) is 2.88. The molecule has 2 heterocycles. The van der Waals surface area contributed by atoms with E-state index in [1.165, 1.54) is 6.07 Å². The predicted molar refractivity (Wildman–Crippen MR) is 78.9 cm³/mol. The first kappa shape index (κ1) is 13.5. The van der Waals surface area contributed by atoms with Gasteiger partial charge in [-0.2, -0.15) is 4.98 Å². The van der Waals surface area contributed by atoms with Crippen LogP contribution in [0.5, 0.6) is 0 Å². The van der Waals surface area contributed by atoms with Crippen LogP contribution in [0.1, 0.15) is 12.8 Å². The molecule has 1 aliphatic heterocycles. The van der Waals surface area contributed by atoms with Crippen LogP contribution in [0, 0.1) is 5.82 Å². The zero-order valence-electron chi connectivity index (χ0n) is 10.8. The number of benzene rings is 1. The average molecular weight is 340 g/mol. The molecule has 1 aliphatic rings. The van der Waals surface area contributed by atoms with Gasteiger partial charge < -0.3 is 10.6 Å². The van der Waals surface area contributed by atoms with Gasteiger partial charge in [0.2, 0.25) is 5.95 Å². The molecule has 0 bridgehead atoms. The summed E-state index contributed by atoms with van der Waals surface area (Å²) in [6.07, 6.45) is 2.05. The van der Waals surface area contributed by atoms with Crippen LogP contribution in [-0.2, 0) is 0 Å². The van der Waals surface area contributed by atoms with Crippen molar-refractivity contribution in [3.8, 4) is 11.4 Å². The summed E-state index contributed by atoms with van der Waals surface area (Å²) in [5.74, 6) is 0.680. The number of nitrogens with zero attached hydrogens (tertiary/aromatic N) is 3. The van der Waals surface area contributed by atoms with E-state index in [4.69, 9.17) is 5.73 Å². The largest absolute Gasteiger partial charge is 0.338 e. The Bertz CT molecular complexity index is 615. The van der Waals surface area contributed by atoms with Gasteiger partial charge in [-0.25, -0.2) is 4.39 Å². The van der Waals surface area contributed by atoms with Gasteiger partial charge in [-0.05, 0) is 31.0 Å². The molecule has 0 aliphatic carbocycles. The summed E-state index contributed by atoms with van der Waals surface area (Å²) in [6, 6.07) is 5.01. The van der Waals surface area contributed by atoms with Gasteiger partial charge in [-0.3, -0.25) is 5.10 Å². The molecule has 0 spiro atoms. The maximum Gasteiger partial charge on any atom is 0.245 e. The van der Waals surface area contributed by atoms with E-state index in [9.17, 15) is 4.39 Å². The van der Waals surface area contributed by atoms with Crippen molar-refractivity contribution in [2.24, 2.45) is 5.73 Å². The number of aromatic amines is 1. The van der Waals surface area contributed by atoms with Crippen molar-refractivity contribution in [2.75, 3.05) is 18.0 Å². The molecule has 1 saturated heterocycles. The summed E-state index contributed by atoms with van der Waals surface area (Å²) in [5, 5.41) is 6.97. The lowest BCUT2D eigenvalue weighted by Gasteiger charge is -2.29. The summed E-state index contributed by atoms with van der Waals surface area (Å²) in [6.45, 7) is 1.62. The summed E-state index contributed by atoms with van der Waals surface area (Å²) in [7, 11) is 0. The van der Waals surface area contributed by atoms with Crippen molar-refractivity contribution >= 4 is 21.9 Å². The summed E-state index contributed by atoms with van der Waals surface area (Å²) < 4.78 is 14.6. The third-order valence-corrected chi connectivity index (χ3v) is 3.89. The predicted octanol–water partition coefficient (Wildman–Crippen LogP) is 2.30. The van der Waals surface area contributed by atoms with Crippen molar-refractivity contribution in [3.05, 3.63) is 28.5 Å². The zero-order valence-corrected chi connectivity index (χ0v) is 12.4. The van der Waals surface area contributed by atoms with Crippen LogP contribution in [0.3, 0.4) is 0 Å². The topological polar surface area (TPSA) is 70.8 Å². The van der Waals surface area contributed by atoms with Gasteiger partial charge in [0.15, 0.2) is 5.82 Å². The highest BCUT2D eigenvalue weighted by Gasteiger charge is 2.21. The second-order valence-electron chi connectivity index (χ2n) is 4.96. The van der Waals surface area contributed by atoms with Gasteiger partial charge >= 0.3 is 0 Å². The van der Waals surface area contributed by atoms with Gasteiger partial charge in [0.1, 0.15) is 5.82 Å². The number of halogens is 2. The van der Waals surface area contributed by atoms with E-state index >= 15 is 0 Å². The Morgan fingerprint density at radius 1 is 1.45 bits per heavy atom. The van der Waals surface area contributed by atoms with Gasteiger partial charge in [0, 0.05) is 23.6 Å². The minimum Gasteiger partial charge on any atom is -0.338 e. The zero-order chi connectivity index (χ0) is 14.1. The number of anilines is 1. The Kier molecular flexibility index (Phi) is 3.71. The fourth-order valence-corrected chi connectivity index (χ4v) is 2.72. The molecule has 1 aromatic heterocycles. The summed E-state index contributed by atoms with van der Waals surface area (Å²) in [5.41, 5.74) is 6.36. The van der Waals surface area contributed by atoms with Gasteiger partial charge in [-0.1, -0.05) is 15.9 Å². The Morgan fingerprint density at radius 3 is 3.05 bits per heavy atom. The number of H-pyrrole nitrogens is 1. The van der Waals surface area contributed by atoms with E-state index in [2.05, 4.69) is 31.1 Å². The van der Waals surface area contributed by atoms with Crippen LogP contribution in [0.4, 0.5) is 10.3 Å². The lowest BCUT2D eigenvalue weighted by Crippen LogP contribution is -2.43. The fourth-order valence-electron chi connectivity index (χ4n) is 2.39. The minimum absolute atomic E-state index is 0.148. The molecule has 1 atom stereocenters. The normalized spacial score (nSPS) is 19.4. The number of nitrogens with one attached hydrogen (secondary N) is 1. The maximum atomic E-state index is 13.9. The quantitative estimate of drug-likeness (QED) is 0.880. The van der Waals surface area contributed by atoms with Crippen LogP contribution < -0.4 is 10.6 Å². The first-order valence-corrected chi connectivity index (χ1v) is 7.31. The SMILES string of the molecule is NC1CCCN(c2n[nH]c(-c3ccc(Br)cc3F)n2)C1. The van der Waals surface area contributed by atoms with Crippen molar-refractivity contribution in [2.45, 2.75) is 18.9 Å². The smallest absolute Gasteiger partial charge is 0.245 e. The second-order valence-corrected chi connectivity index (χ2v) is 5.87. The van der Waals surface area contributed by atoms with E-state index in [1.807, 2.05) is 4.90 Å². The first-order chi connectivity index (χ1) is 9.63. The second kappa shape index (κ2) is 5.49. The Labute approximate surface area is 124 Å². The van der Waals surface area contributed by atoms with E-state index < -0.39 is 0 Å². The third-order valence-electron chi connectivity index (χ3n) is 3.40.